The Hall–Kier alpha value is -1.23. The van der Waals surface area contributed by atoms with Crippen LogP contribution in [0.5, 0.6) is 11.5 Å². The zero-order valence-corrected chi connectivity index (χ0v) is 13.2. The zero-order chi connectivity index (χ0) is 14.5. The van der Waals surface area contributed by atoms with E-state index >= 15 is 0 Å². The van der Waals surface area contributed by atoms with Gasteiger partial charge >= 0.3 is 5.97 Å². The first-order valence-corrected chi connectivity index (χ1v) is 7.05. The van der Waals surface area contributed by atoms with Gasteiger partial charge in [-0.1, -0.05) is 6.07 Å². The molecule has 0 aliphatic carbocycles. The molecule has 19 heavy (non-hydrogen) atoms. The van der Waals surface area contributed by atoms with Crippen molar-refractivity contribution in [2.45, 2.75) is 32.8 Å². The highest BCUT2D eigenvalue weighted by Gasteiger charge is 2.17. The summed E-state index contributed by atoms with van der Waals surface area (Å²) in [5, 5.41) is 0. The molecule has 0 spiro atoms. The highest BCUT2D eigenvalue weighted by Crippen LogP contribution is 2.28. The maximum absolute atomic E-state index is 11.7. The summed E-state index contributed by atoms with van der Waals surface area (Å²) in [6.45, 7) is 5.54. The number of alkyl halides is 1. The van der Waals surface area contributed by atoms with Crippen LogP contribution in [-0.2, 0) is 16.0 Å². The van der Waals surface area contributed by atoms with Gasteiger partial charge in [-0.15, -0.1) is 0 Å². The molecule has 0 amide bonds. The SMILES string of the molecule is COc1cc(CC(=O)OC(C)(C)C)ccc1OCBr. The minimum absolute atomic E-state index is 0.211. The molecule has 0 aliphatic heterocycles. The Morgan fingerprint density at radius 2 is 1.95 bits per heavy atom. The number of halogens is 1. The van der Waals surface area contributed by atoms with Crippen LogP contribution in [0.4, 0.5) is 0 Å². The van der Waals surface area contributed by atoms with Gasteiger partial charge in [0, 0.05) is 0 Å². The number of ether oxygens (including phenoxy) is 3. The van der Waals surface area contributed by atoms with E-state index < -0.39 is 5.60 Å². The molecular weight excluding hydrogens is 312 g/mol. The van der Waals surface area contributed by atoms with Crippen molar-refractivity contribution in [2.24, 2.45) is 0 Å². The first kappa shape index (κ1) is 15.8. The number of hydrogen-bond donors (Lipinski definition) is 0. The van der Waals surface area contributed by atoms with Crippen LogP contribution in [0, 0.1) is 0 Å². The van der Waals surface area contributed by atoms with Gasteiger partial charge in [0.1, 0.15) is 11.1 Å². The first-order valence-electron chi connectivity index (χ1n) is 5.93. The van der Waals surface area contributed by atoms with Crippen LogP contribution in [0.2, 0.25) is 0 Å². The van der Waals surface area contributed by atoms with Gasteiger partial charge in [-0.05, 0) is 54.4 Å². The van der Waals surface area contributed by atoms with E-state index in [-0.39, 0.29) is 12.4 Å². The standard InChI is InChI=1S/C14H19BrO4/c1-14(2,3)19-13(16)8-10-5-6-11(18-9-15)12(7-10)17-4/h5-7H,8-9H2,1-4H3. The van der Waals surface area contributed by atoms with Crippen molar-refractivity contribution in [3.63, 3.8) is 0 Å². The molecule has 0 unspecified atom stereocenters. The number of carbonyl (C=O) groups is 1. The molecular formula is C14H19BrO4. The van der Waals surface area contributed by atoms with E-state index in [1.807, 2.05) is 26.8 Å². The van der Waals surface area contributed by atoms with Gasteiger partial charge in [-0.2, -0.15) is 0 Å². The largest absolute Gasteiger partial charge is 0.493 e. The molecule has 0 N–H and O–H groups in total. The molecule has 0 aromatic heterocycles. The molecule has 1 aromatic rings. The summed E-state index contributed by atoms with van der Waals surface area (Å²) < 4.78 is 15.8. The number of rotatable bonds is 5. The third-order valence-corrected chi connectivity index (χ3v) is 2.44. The predicted octanol–water partition coefficient (Wildman–Crippen LogP) is 3.31. The van der Waals surface area contributed by atoms with E-state index in [1.54, 1.807) is 19.2 Å². The summed E-state index contributed by atoms with van der Waals surface area (Å²) in [5.74, 6) is 0.969. The highest BCUT2D eigenvalue weighted by atomic mass is 79.9. The van der Waals surface area contributed by atoms with Crippen molar-refractivity contribution >= 4 is 21.9 Å². The van der Waals surface area contributed by atoms with Gasteiger partial charge in [0.25, 0.3) is 0 Å². The maximum Gasteiger partial charge on any atom is 0.310 e. The summed E-state index contributed by atoms with van der Waals surface area (Å²) in [6.07, 6.45) is 0.211. The molecule has 0 bridgehead atoms. The lowest BCUT2D eigenvalue weighted by molar-refractivity contribution is -0.153. The predicted molar refractivity (Wildman–Crippen MR) is 77.0 cm³/mol. The third-order valence-electron chi connectivity index (χ3n) is 2.21. The number of hydrogen-bond acceptors (Lipinski definition) is 4. The number of benzene rings is 1. The lowest BCUT2D eigenvalue weighted by atomic mass is 10.1. The van der Waals surface area contributed by atoms with Gasteiger partial charge in [0.05, 0.1) is 13.5 Å². The summed E-state index contributed by atoms with van der Waals surface area (Å²) in [4.78, 5) is 11.7. The van der Waals surface area contributed by atoms with Crippen LogP contribution in [0.1, 0.15) is 26.3 Å². The molecule has 0 radical (unpaired) electrons. The van der Waals surface area contributed by atoms with Crippen molar-refractivity contribution in [3.05, 3.63) is 23.8 Å². The Morgan fingerprint density at radius 3 is 2.47 bits per heavy atom. The van der Waals surface area contributed by atoms with Crippen LogP contribution >= 0.6 is 15.9 Å². The fourth-order valence-electron chi connectivity index (χ4n) is 1.54. The van der Waals surface area contributed by atoms with Gasteiger partial charge in [0.2, 0.25) is 0 Å². The Kier molecular flexibility index (Phi) is 5.66. The third kappa shape index (κ3) is 5.51. The Labute approximate surface area is 122 Å². The molecule has 4 nitrogen and oxygen atoms in total. The fraction of sp³-hybridized carbons (Fsp3) is 0.500. The normalized spacial score (nSPS) is 11.0. The van der Waals surface area contributed by atoms with Crippen LogP contribution in [0.15, 0.2) is 18.2 Å². The van der Waals surface area contributed by atoms with Crippen LogP contribution < -0.4 is 9.47 Å². The van der Waals surface area contributed by atoms with E-state index in [1.165, 1.54) is 0 Å². The lowest BCUT2D eigenvalue weighted by Crippen LogP contribution is -2.24. The summed E-state index contributed by atoms with van der Waals surface area (Å²) in [7, 11) is 1.56. The number of carbonyl (C=O) groups excluding carboxylic acids is 1. The van der Waals surface area contributed by atoms with E-state index in [0.29, 0.717) is 17.0 Å². The average molecular weight is 331 g/mol. The molecule has 0 heterocycles. The zero-order valence-electron chi connectivity index (χ0n) is 11.7. The van der Waals surface area contributed by atoms with Crippen LogP contribution in [0.3, 0.4) is 0 Å². The lowest BCUT2D eigenvalue weighted by Gasteiger charge is -2.19. The smallest absolute Gasteiger partial charge is 0.310 e. The van der Waals surface area contributed by atoms with Crippen molar-refractivity contribution in [1.82, 2.24) is 0 Å². The minimum atomic E-state index is -0.472. The Bertz CT molecular complexity index is 438. The van der Waals surface area contributed by atoms with Gasteiger partial charge < -0.3 is 14.2 Å². The summed E-state index contributed by atoms with van der Waals surface area (Å²) >= 11 is 3.19. The highest BCUT2D eigenvalue weighted by molar-refractivity contribution is 9.09. The molecule has 0 atom stereocenters. The molecule has 0 saturated heterocycles. The quantitative estimate of drug-likeness (QED) is 0.613. The number of methoxy groups -OCH3 is 1. The molecule has 1 aromatic carbocycles. The van der Waals surface area contributed by atoms with Gasteiger partial charge in [0.15, 0.2) is 11.5 Å². The van der Waals surface area contributed by atoms with Crippen LogP contribution in [-0.4, -0.2) is 24.2 Å². The monoisotopic (exact) mass is 330 g/mol. The molecule has 1 rings (SSSR count). The van der Waals surface area contributed by atoms with Gasteiger partial charge in [-0.25, -0.2) is 0 Å². The molecule has 106 valence electrons. The second kappa shape index (κ2) is 6.80. The van der Waals surface area contributed by atoms with Gasteiger partial charge in [-0.3, -0.25) is 4.79 Å². The van der Waals surface area contributed by atoms with Crippen molar-refractivity contribution in [3.8, 4) is 11.5 Å². The summed E-state index contributed by atoms with van der Waals surface area (Å²) in [5.41, 5.74) is 0.739. The summed E-state index contributed by atoms with van der Waals surface area (Å²) in [6, 6.07) is 5.38. The maximum atomic E-state index is 11.7. The van der Waals surface area contributed by atoms with Crippen molar-refractivity contribution in [2.75, 3.05) is 12.6 Å². The Morgan fingerprint density at radius 1 is 1.26 bits per heavy atom. The second-order valence-corrected chi connectivity index (χ2v) is 5.46. The Balaban J connectivity index is 2.77. The van der Waals surface area contributed by atoms with Crippen molar-refractivity contribution in [1.29, 1.82) is 0 Å². The topological polar surface area (TPSA) is 44.8 Å². The molecule has 0 saturated carbocycles. The van der Waals surface area contributed by atoms with E-state index in [9.17, 15) is 4.79 Å². The molecule has 0 fully saturated rings. The van der Waals surface area contributed by atoms with E-state index in [4.69, 9.17) is 14.2 Å². The van der Waals surface area contributed by atoms with Crippen LogP contribution in [0.25, 0.3) is 0 Å². The van der Waals surface area contributed by atoms with E-state index in [0.717, 1.165) is 5.56 Å². The fourth-order valence-corrected chi connectivity index (χ4v) is 1.79. The minimum Gasteiger partial charge on any atom is -0.493 e. The average Bonchev–Trinajstić information content (AvgIpc) is 2.28. The first-order chi connectivity index (χ1) is 8.85. The molecule has 5 heteroatoms. The number of esters is 1. The molecule has 0 aliphatic rings. The second-order valence-electron chi connectivity index (χ2n) is 5.00. The van der Waals surface area contributed by atoms with Crippen molar-refractivity contribution < 1.29 is 19.0 Å². The van der Waals surface area contributed by atoms with E-state index in [2.05, 4.69) is 15.9 Å².